The van der Waals surface area contributed by atoms with E-state index in [4.69, 9.17) is 0 Å². The maximum Gasteiger partial charge on any atom is 0.145 e. The Morgan fingerprint density at radius 2 is 2.22 bits per heavy atom. The van der Waals surface area contributed by atoms with Gasteiger partial charge in [-0.05, 0) is 20.4 Å². The summed E-state index contributed by atoms with van der Waals surface area (Å²) in [5, 5.41) is 9.06. The van der Waals surface area contributed by atoms with E-state index in [0.717, 1.165) is 12.4 Å². The van der Waals surface area contributed by atoms with Crippen LogP contribution in [0.2, 0.25) is 0 Å². The van der Waals surface area contributed by atoms with E-state index < -0.39 is 0 Å². The molecule has 0 radical (unpaired) electrons. The Morgan fingerprint density at radius 3 is 2.89 bits per heavy atom. The number of nitrogens with zero attached hydrogens (tertiary/aromatic N) is 3. The summed E-state index contributed by atoms with van der Waals surface area (Å²) in [5.41, 5.74) is 0. The van der Waals surface area contributed by atoms with Gasteiger partial charge in [0.15, 0.2) is 0 Å². The zero-order valence-corrected chi connectivity index (χ0v) is 12.9. The summed E-state index contributed by atoms with van der Waals surface area (Å²) >= 11 is 4.19. The van der Waals surface area contributed by atoms with Crippen LogP contribution in [0.15, 0.2) is 6.33 Å². The fraction of sp³-hybridized carbons (Fsp3) is 0.833. The van der Waals surface area contributed by atoms with Crippen LogP contribution in [0.4, 0.5) is 0 Å². The molecule has 1 aliphatic heterocycles. The molecule has 0 aliphatic carbocycles. The normalized spacial score (nSPS) is 26.2. The number of aromatic nitrogens is 3. The van der Waals surface area contributed by atoms with Gasteiger partial charge in [0.05, 0.1) is 6.04 Å². The molecule has 0 amide bonds. The quantitative estimate of drug-likeness (QED) is 0.899. The Morgan fingerprint density at radius 1 is 1.44 bits per heavy atom. The minimum Gasteiger partial charge on any atom is -0.309 e. The maximum atomic E-state index is 4.47. The lowest BCUT2D eigenvalue weighted by Gasteiger charge is -2.35. The van der Waals surface area contributed by atoms with E-state index in [0.29, 0.717) is 16.5 Å². The van der Waals surface area contributed by atoms with Crippen LogP contribution in [0.1, 0.15) is 32.1 Å². The third-order valence-corrected chi connectivity index (χ3v) is 6.71. The Kier molecular flexibility index (Phi) is 5.38. The van der Waals surface area contributed by atoms with Crippen LogP contribution in [0.3, 0.4) is 0 Å². The van der Waals surface area contributed by atoms with Gasteiger partial charge in [-0.3, -0.25) is 0 Å². The van der Waals surface area contributed by atoms with Crippen LogP contribution in [-0.4, -0.2) is 43.8 Å². The average Bonchev–Trinajstić information content (AvgIpc) is 2.88. The molecule has 4 nitrogen and oxygen atoms in total. The summed E-state index contributed by atoms with van der Waals surface area (Å²) in [6.45, 7) is 5.29. The Hall–Kier alpha value is -0.200. The van der Waals surface area contributed by atoms with Gasteiger partial charge in [-0.1, -0.05) is 6.92 Å². The molecule has 1 aromatic rings. The van der Waals surface area contributed by atoms with Gasteiger partial charge in [0.2, 0.25) is 0 Å². The van der Waals surface area contributed by atoms with Gasteiger partial charge in [0, 0.05) is 28.6 Å². The molecule has 18 heavy (non-hydrogen) atoms. The van der Waals surface area contributed by atoms with Crippen molar-refractivity contribution in [3.05, 3.63) is 12.2 Å². The SMILES string of the molecule is CCC1SCCSC1C(NC)c1ncnn1CC. The summed E-state index contributed by atoms with van der Waals surface area (Å²) in [4.78, 5) is 4.47. The van der Waals surface area contributed by atoms with E-state index in [1.807, 2.05) is 11.7 Å². The molecule has 2 rings (SSSR count). The third kappa shape index (κ3) is 2.86. The fourth-order valence-corrected chi connectivity index (χ4v) is 5.70. The van der Waals surface area contributed by atoms with Crippen LogP contribution in [0.5, 0.6) is 0 Å². The summed E-state index contributed by atoms with van der Waals surface area (Å²) in [5.74, 6) is 3.60. The van der Waals surface area contributed by atoms with Crippen molar-refractivity contribution in [3.8, 4) is 0 Å². The van der Waals surface area contributed by atoms with Gasteiger partial charge >= 0.3 is 0 Å². The second-order valence-electron chi connectivity index (χ2n) is 4.35. The van der Waals surface area contributed by atoms with Crippen LogP contribution in [-0.2, 0) is 6.54 Å². The zero-order chi connectivity index (χ0) is 13.0. The highest BCUT2D eigenvalue weighted by Crippen LogP contribution is 2.39. The second-order valence-corrected chi connectivity index (χ2v) is 6.99. The van der Waals surface area contributed by atoms with Crippen molar-refractivity contribution >= 4 is 23.5 Å². The first kappa shape index (κ1) is 14.2. The van der Waals surface area contributed by atoms with Gasteiger partial charge < -0.3 is 5.32 Å². The predicted molar refractivity (Wildman–Crippen MR) is 80.3 cm³/mol. The fourth-order valence-electron chi connectivity index (χ4n) is 2.44. The van der Waals surface area contributed by atoms with Crippen molar-refractivity contribution in [1.82, 2.24) is 20.1 Å². The molecule has 2 heterocycles. The van der Waals surface area contributed by atoms with Crippen molar-refractivity contribution in [2.24, 2.45) is 0 Å². The second kappa shape index (κ2) is 6.82. The maximum absolute atomic E-state index is 4.47. The van der Waals surface area contributed by atoms with Gasteiger partial charge in [0.1, 0.15) is 12.2 Å². The molecule has 3 atom stereocenters. The molecule has 1 saturated heterocycles. The first-order chi connectivity index (χ1) is 8.81. The molecule has 1 aliphatic rings. The number of aryl methyl sites for hydroxylation is 1. The summed E-state index contributed by atoms with van der Waals surface area (Å²) in [7, 11) is 2.03. The highest BCUT2D eigenvalue weighted by atomic mass is 32.2. The van der Waals surface area contributed by atoms with Crippen molar-refractivity contribution < 1.29 is 0 Å². The van der Waals surface area contributed by atoms with Crippen molar-refractivity contribution in [1.29, 1.82) is 0 Å². The molecule has 1 aromatic heterocycles. The highest BCUT2D eigenvalue weighted by molar-refractivity contribution is 8.07. The molecule has 1 fully saturated rings. The number of hydrogen-bond donors (Lipinski definition) is 1. The first-order valence-corrected chi connectivity index (χ1v) is 8.69. The lowest BCUT2D eigenvalue weighted by molar-refractivity contribution is 0.477. The molecule has 6 heteroatoms. The number of rotatable bonds is 5. The van der Waals surface area contributed by atoms with Gasteiger partial charge in [-0.25, -0.2) is 9.67 Å². The van der Waals surface area contributed by atoms with E-state index in [1.54, 1.807) is 6.33 Å². The lowest BCUT2D eigenvalue weighted by atomic mass is 10.1. The van der Waals surface area contributed by atoms with E-state index in [2.05, 4.69) is 52.8 Å². The zero-order valence-electron chi connectivity index (χ0n) is 11.3. The van der Waals surface area contributed by atoms with Crippen LogP contribution in [0.25, 0.3) is 0 Å². The minimum absolute atomic E-state index is 0.301. The average molecular weight is 286 g/mol. The largest absolute Gasteiger partial charge is 0.309 e. The monoisotopic (exact) mass is 286 g/mol. The predicted octanol–water partition coefficient (Wildman–Crippen LogP) is 2.19. The Balaban J connectivity index is 2.21. The van der Waals surface area contributed by atoms with Crippen LogP contribution < -0.4 is 5.32 Å². The highest BCUT2D eigenvalue weighted by Gasteiger charge is 2.34. The molecule has 0 saturated carbocycles. The smallest absolute Gasteiger partial charge is 0.145 e. The van der Waals surface area contributed by atoms with Gasteiger partial charge in [-0.15, -0.1) is 0 Å². The molecule has 0 aromatic carbocycles. The van der Waals surface area contributed by atoms with E-state index in [1.165, 1.54) is 17.9 Å². The van der Waals surface area contributed by atoms with E-state index in [-0.39, 0.29) is 0 Å². The van der Waals surface area contributed by atoms with Crippen LogP contribution in [0, 0.1) is 0 Å². The van der Waals surface area contributed by atoms with Gasteiger partial charge in [0.25, 0.3) is 0 Å². The molecular formula is C12H22N4S2. The van der Waals surface area contributed by atoms with Crippen molar-refractivity contribution in [3.63, 3.8) is 0 Å². The molecule has 1 N–H and O–H groups in total. The summed E-state index contributed by atoms with van der Waals surface area (Å²) in [6, 6.07) is 0.301. The van der Waals surface area contributed by atoms with Crippen molar-refractivity contribution in [2.45, 2.75) is 43.4 Å². The van der Waals surface area contributed by atoms with Gasteiger partial charge in [-0.2, -0.15) is 28.6 Å². The molecular weight excluding hydrogens is 264 g/mol. The standard InChI is InChI=1S/C12H22N4S2/c1-4-9-11(18-7-6-17-9)10(13-3)12-14-8-15-16(12)5-2/h8-11,13H,4-7H2,1-3H3. The van der Waals surface area contributed by atoms with E-state index in [9.17, 15) is 0 Å². The van der Waals surface area contributed by atoms with E-state index >= 15 is 0 Å². The molecule has 102 valence electrons. The summed E-state index contributed by atoms with van der Waals surface area (Å²) < 4.78 is 2.01. The molecule has 0 spiro atoms. The number of hydrogen-bond acceptors (Lipinski definition) is 5. The number of thioether (sulfide) groups is 2. The first-order valence-electron chi connectivity index (χ1n) is 6.60. The van der Waals surface area contributed by atoms with Crippen molar-refractivity contribution in [2.75, 3.05) is 18.6 Å². The number of nitrogens with one attached hydrogen (secondary N) is 1. The minimum atomic E-state index is 0.301. The van der Waals surface area contributed by atoms with Crippen LogP contribution >= 0.6 is 23.5 Å². The molecule has 3 unspecified atom stereocenters. The Labute approximate surface area is 118 Å². The molecule has 0 bridgehead atoms. The Bertz CT molecular complexity index is 369. The topological polar surface area (TPSA) is 42.7 Å². The third-order valence-electron chi connectivity index (χ3n) is 3.36. The lowest BCUT2D eigenvalue weighted by Crippen LogP contribution is -2.38. The summed E-state index contributed by atoms with van der Waals surface area (Å²) in [6.07, 6.45) is 2.89.